The van der Waals surface area contributed by atoms with Crippen molar-refractivity contribution >= 4 is 0 Å². The molecule has 0 bridgehead atoms. The molecule has 0 radical (unpaired) electrons. The zero-order valence-corrected chi connectivity index (χ0v) is 9.73. The van der Waals surface area contributed by atoms with E-state index >= 15 is 0 Å². The molecule has 0 aliphatic heterocycles. The first kappa shape index (κ1) is 11.0. The number of furan rings is 1. The normalized spacial score (nSPS) is 10.9. The first-order valence-corrected chi connectivity index (χ1v) is 5.59. The van der Waals surface area contributed by atoms with E-state index in [1.807, 2.05) is 29.9 Å². The zero-order valence-electron chi connectivity index (χ0n) is 9.73. The number of nitrogens with zero attached hydrogens (tertiary/aromatic N) is 2. The van der Waals surface area contributed by atoms with Crippen LogP contribution >= 0.6 is 0 Å². The molecule has 0 aliphatic rings. The predicted octanol–water partition coefficient (Wildman–Crippen LogP) is 2.18. The SMILES string of the molecule is CCCNCc1ccc(-c2ccnn2C)o1. The Morgan fingerprint density at radius 1 is 1.38 bits per heavy atom. The van der Waals surface area contributed by atoms with Crippen LogP contribution in [0.3, 0.4) is 0 Å². The minimum absolute atomic E-state index is 0.783. The van der Waals surface area contributed by atoms with Gasteiger partial charge in [-0.05, 0) is 31.2 Å². The van der Waals surface area contributed by atoms with Crippen LogP contribution in [-0.2, 0) is 13.6 Å². The summed E-state index contributed by atoms with van der Waals surface area (Å²) in [6, 6.07) is 5.94. The van der Waals surface area contributed by atoms with E-state index in [1.54, 1.807) is 6.20 Å². The van der Waals surface area contributed by atoms with Crippen LogP contribution in [-0.4, -0.2) is 16.3 Å². The standard InChI is InChI=1S/C12H17N3O/c1-3-7-13-9-10-4-5-12(16-10)11-6-8-14-15(11)2/h4-6,8,13H,3,7,9H2,1-2H3. The molecular weight excluding hydrogens is 202 g/mol. The highest BCUT2D eigenvalue weighted by molar-refractivity contribution is 5.52. The lowest BCUT2D eigenvalue weighted by molar-refractivity contribution is 0.490. The van der Waals surface area contributed by atoms with E-state index in [9.17, 15) is 0 Å². The van der Waals surface area contributed by atoms with Gasteiger partial charge in [-0.1, -0.05) is 6.92 Å². The molecule has 16 heavy (non-hydrogen) atoms. The molecule has 2 heterocycles. The molecule has 2 aromatic rings. The van der Waals surface area contributed by atoms with Gasteiger partial charge in [-0.25, -0.2) is 0 Å². The molecule has 0 amide bonds. The number of aromatic nitrogens is 2. The fraction of sp³-hybridized carbons (Fsp3) is 0.417. The third-order valence-electron chi connectivity index (χ3n) is 2.46. The van der Waals surface area contributed by atoms with Crippen LogP contribution in [0.25, 0.3) is 11.5 Å². The van der Waals surface area contributed by atoms with Gasteiger partial charge in [-0.3, -0.25) is 4.68 Å². The third-order valence-corrected chi connectivity index (χ3v) is 2.46. The second-order valence-electron chi connectivity index (χ2n) is 3.78. The minimum Gasteiger partial charge on any atom is -0.458 e. The summed E-state index contributed by atoms with van der Waals surface area (Å²) in [5.74, 6) is 1.83. The van der Waals surface area contributed by atoms with Crippen LogP contribution in [0.4, 0.5) is 0 Å². The molecule has 2 aromatic heterocycles. The van der Waals surface area contributed by atoms with Gasteiger partial charge in [-0.2, -0.15) is 5.10 Å². The first-order chi connectivity index (χ1) is 7.81. The molecule has 4 heteroatoms. The average molecular weight is 219 g/mol. The molecule has 0 saturated carbocycles. The molecule has 0 aliphatic carbocycles. The summed E-state index contributed by atoms with van der Waals surface area (Å²) in [7, 11) is 1.91. The van der Waals surface area contributed by atoms with E-state index < -0.39 is 0 Å². The Morgan fingerprint density at radius 3 is 2.94 bits per heavy atom. The van der Waals surface area contributed by atoms with Crippen molar-refractivity contribution in [3.05, 3.63) is 30.2 Å². The minimum atomic E-state index is 0.783. The summed E-state index contributed by atoms with van der Waals surface area (Å²) in [6.45, 7) is 3.95. The molecule has 4 nitrogen and oxygen atoms in total. The number of hydrogen-bond acceptors (Lipinski definition) is 3. The Hall–Kier alpha value is -1.55. The van der Waals surface area contributed by atoms with Crippen molar-refractivity contribution in [1.82, 2.24) is 15.1 Å². The highest BCUT2D eigenvalue weighted by atomic mass is 16.3. The number of hydrogen-bond donors (Lipinski definition) is 1. The maximum atomic E-state index is 5.73. The first-order valence-electron chi connectivity index (χ1n) is 5.59. The molecule has 0 atom stereocenters. The lowest BCUT2D eigenvalue weighted by Gasteiger charge is -2.00. The van der Waals surface area contributed by atoms with Crippen molar-refractivity contribution in [1.29, 1.82) is 0 Å². The number of nitrogens with one attached hydrogen (secondary N) is 1. The number of rotatable bonds is 5. The van der Waals surface area contributed by atoms with Gasteiger partial charge in [0.15, 0.2) is 5.76 Å². The predicted molar refractivity (Wildman–Crippen MR) is 62.9 cm³/mol. The molecule has 0 fully saturated rings. The van der Waals surface area contributed by atoms with Crippen molar-refractivity contribution in [2.45, 2.75) is 19.9 Å². The second kappa shape index (κ2) is 4.99. The van der Waals surface area contributed by atoms with Gasteiger partial charge in [0.1, 0.15) is 11.5 Å². The topological polar surface area (TPSA) is 43.0 Å². The summed E-state index contributed by atoms with van der Waals surface area (Å²) in [4.78, 5) is 0. The van der Waals surface area contributed by atoms with Gasteiger partial charge in [-0.15, -0.1) is 0 Å². The van der Waals surface area contributed by atoms with Crippen LogP contribution in [0, 0.1) is 0 Å². The van der Waals surface area contributed by atoms with Crippen LogP contribution < -0.4 is 5.32 Å². The molecule has 1 N–H and O–H groups in total. The van der Waals surface area contributed by atoms with Gasteiger partial charge in [0.2, 0.25) is 0 Å². The molecule has 0 aromatic carbocycles. The van der Waals surface area contributed by atoms with Crippen LogP contribution in [0.2, 0.25) is 0 Å². The lowest BCUT2D eigenvalue weighted by atomic mass is 10.3. The maximum Gasteiger partial charge on any atom is 0.152 e. The summed E-state index contributed by atoms with van der Waals surface area (Å²) >= 11 is 0. The largest absolute Gasteiger partial charge is 0.458 e. The molecule has 2 rings (SSSR count). The fourth-order valence-electron chi connectivity index (χ4n) is 1.61. The Morgan fingerprint density at radius 2 is 2.25 bits per heavy atom. The highest BCUT2D eigenvalue weighted by Crippen LogP contribution is 2.20. The van der Waals surface area contributed by atoms with Crippen LogP contribution in [0.5, 0.6) is 0 Å². The van der Waals surface area contributed by atoms with Crippen LogP contribution in [0.15, 0.2) is 28.8 Å². The smallest absolute Gasteiger partial charge is 0.152 e. The van der Waals surface area contributed by atoms with Crippen molar-refractivity contribution in [2.75, 3.05) is 6.54 Å². The van der Waals surface area contributed by atoms with Crippen molar-refractivity contribution in [3.8, 4) is 11.5 Å². The van der Waals surface area contributed by atoms with Gasteiger partial charge in [0, 0.05) is 13.2 Å². The van der Waals surface area contributed by atoms with E-state index in [2.05, 4.69) is 17.3 Å². The van der Waals surface area contributed by atoms with Gasteiger partial charge in [0.05, 0.1) is 6.54 Å². The fourth-order valence-corrected chi connectivity index (χ4v) is 1.61. The van der Waals surface area contributed by atoms with Crippen molar-refractivity contribution in [3.63, 3.8) is 0 Å². The Labute approximate surface area is 95.3 Å². The lowest BCUT2D eigenvalue weighted by Crippen LogP contribution is -2.12. The van der Waals surface area contributed by atoms with Gasteiger partial charge < -0.3 is 9.73 Å². The molecule has 0 spiro atoms. The molecule has 86 valence electrons. The Bertz CT molecular complexity index is 445. The monoisotopic (exact) mass is 219 g/mol. The Balaban J connectivity index is 2.05. The summed E-state index contributed by atoms with van der Waals surface area (Å²) in [5.41, 5.74) is 1.00. The average Bonchev–Trinajstić information content (AvgIpc) is 2.87. The van der Waals surface area contributed by atoms with E-state index in [4.69, 9.17) is 4.42 Å². The Kier molecular flexibility index (Phi) is 3.41. The van der Waals surface area contributed by atoms with Crippen molar-refractivity contribution in [2.24, 2.45) is 7.05 Å². The quantitative estimate of drug-likeness (QED) is 0.784. The summed E-state index contributed by atoms with van der Waals surface area (Å²) in [6.07, 6.45) is 2.90. The van der Waals surface area contributed by atoms with Crippen LogP contribution in [0.1, 0.15) is 19.1 Å². The van der Waals surface area contributed by atoms with Gasteiger partial charge in [0.25, 0.3) is 0 Å². The van der Waals surface area contributed by atoms with Gasteiger partial charge >= 0.3 is 0 Å². The van der Waals surface area contributed by atoms with E-state index in [-0.39, 0.29) is 0 Å². The molecule has 0 saturated heterocycles. The molecule has 0 unspecified atom stereocenters. The molecular formula is C12H17N3O. The highest BCUT2D eigenvalue weighted by Gasteiger charge is 2.07. The summed E-state index contributed by atoms with van der Waals surface area (Å²) in [5, 5.41) is 7.43. The summed E-state index contributed by atoms with van der Waals surface area (Å²) < 4.78 is 7.54. The third kappa shape index (κ3) is 2.33. The van der Waals surface area contributed by atoms with E-state index in [1.165, 1.54) is 0 Å². The van der Waals surface area contributed by atoms with E-state index in [0.29, 0.717) is 0 Å². The van der Waals surface area contributed by atoms with Crippen molar-refractivity contribution < 1.29 is 4.42 Å². The number of aryl methyl sites for hydroxylation is 1. The maximum absolute atomic E-state index is 5.73. The van der Waals surface area contributed by atoms with E-state index in [0.717, 1.165) is 36.7 Å². The second-order valence-corrected chi connectivity index (χ2v) is 3.78. The zero-order chi connectivity index (χ0) is 11.4.